The number of benzene rings is 2. The Bertz CT molecular complexity index is 585. The van der Waals surface area contributed by atoms with Crippen LogP contribution in [0.5, 0.6) is 11.5 Å². The summed E-state index contributed by atoms with van der Waals surface area (Å²) in [6.07, 6.45) is 0. The summed E-state index contributed by atoms with van der Waals surface area (Å²) in [4.78, 5) is 0. The largest absolute Gasteiger partial charge is 0.507 e. The number of ether oxygens (including phenoxy) is 1. The molecule has 1 aliphatic rings. The minimum absolute atomic E-state index is 0.269. The third-order valence-electron chi connectivity index (χ3n) is 3.21. The lowest BCUT2D eigenvalue weighted by molar-refractivity contribution is 0.105. The van der Waals surface area contributed by atoms with E-state index in [1.165, 1.54) is 0 Å². The molecule has 0 atom stereocenters. The molecule has 3 rings (SSSR count). The molecule has 0 bridgehead atoms. The summed E-state index contributed by atoms with van der Waals surface area (Å²) in [5.74, 6) is 1.01. The highest BCUT2D eigenvalue weighted by Gasteiger charge is 2.33. The van der Waals surface area contributed by atoms with E-state index in [4.69, 9.17) is 4.74 Å². The summed E-state index contributed by atoms with van der Waals surface area (Å²) in [6.45, 7) is 4.08. The van der Waals surface area contributed by atoms with Crippen LogP contribution in [-0.4, -0.2) is 5.11 Å². The fourth-order valence-corrected chi connectivity index (χ4v) is 2.43. The highest BCUT2D eigenvalue weighted by Crippen LogP contribution is 2.48. The van der Waals surface area contributed by atoms with Crippen LogP contribution in [-0.2, 0) is 5.60 Å². The maximum absolute atomic E-state index is 9.99. The van der Waals surface area contributed by atoms with E-state index in [0.29, 0.717) is 0 Å². The first kappa shape index (κ1) is 10.2. The monoisotopic (exact) mass is 226 g/mol. The molecule has 0 aliphatic carbocycles. The van der Waals surface area contributed by atoms with Crippen molar-refractivity contribution in [3.63, 3.8) is 0 Å². The molecule has 2 aromatic rings. The van der Waals surface area contributed by atoms with Gasteiger partial charge in [0.05, 0.1) is 5.56 Å². The maximum Gasteiger partial charge on any atom is 0.132 e. The van der Waals surface area contributed by atoms with E-state index in [1.54, 1.807) is 12.1 Å². The van der Waals surface area contributed by atoms with Gasteiger partial charge in [0, 0.05) is 5.56 Å². The lowest BCUT2D eigenvalue weighted by Gasteiger charge is -2.35. The van der Waals surface area contributed by atoms with E-state index < -0.39 is 0 Å². The number of hydrogen-bond donors (Lipinski definition) is 1. The fraction of sp³-hybridized carbons (Fsp3) is 0.200. The minimum Gasteiger partial charge on any atom is -0.507 e. The molecular weight excluding hydrogens is 212 g/mol. The van der Waals surface area contributed by atoms with Crippen LogP contribution in [0.3, 0.4) is 0 Å². The van der Waals surface area contributed by atoms with E-state index in [1.807, 2.05) is 44.2 Å². The minimum atomic E-state index is -0.364. The van der Waals surface area contributed by atoms with Gasteiger partial charge in [-0.05, 0) is 31.5 Å². The topological polar surface area (TPSA) is 29.5 Å². The molecule has 1 N–H and O–H groups in total. The van der Waals surface area contributed by atoms with Gasteiger partial charge in [0.2, 0.25) is 0 Å². The molecular formula is C15H14O2. The summed E-state index contributed by atoms with van der Waals surface area (Å²) in [5.41, 5.74) is 2.59. The normalized spacial score (nSPS) is 15.6. The highest BCUT2D eigenvalue weighted by atomic mass is 16.5. The zero-order chi connectivity index (χ0) is 12.0. The third kappa shape index (κ3) is 1.41. The van der Waals surface area contributed by atoms with E-state index >= 15 is 0 Å². The SMILES string of the molecule is CC1(C)Oc2cccc(O)c2-c2ccccc21. The van der Waals surface area contributed by atoms with Gasteiger partial charge in [0.15, 0.2) is 0 Å². The van der Waals surface area contributed by atoms with Gasteiger partial charge >= 0.3 is 0 Å². The molecule has 0 saturated heterocycles. The summed E-state index contributed by atoms with van der Waals surface area (Å²) < 4.78 is 5.97. The molecule has 0 fully saturated rings. The zero-order valence-electron chi connectivity index (χ0n) is 9.90. The number of aromatic hydroxyl groups is 1. The van der Waals surface area contributed by atoms with Crippen LogP contribution in [0, 0.1) is 0 Å². The van der Waals surface area contributed by atoms with Crippen molar-refractivity contribution in [2.45, 2.75) is 19.4 Å². The van der Waals surface area contributed by atoms with Gasteiger partial charge < -0.3 is 9.84 Å². The van der Waals surface area contributed by atoms with Gasteiger partial charge in [-0.1, -0.05) is 30.3 Å². The van der Waals surface area contributed by atoms with Crippen molar-refractivity contribution in [1.82, 2.24) is 0 Å². The highest BCUT2D eigenvalue weighted by molar-refractivity contribution is 5.81. The van der Waals surface area contributed by atoms with Crippen LogP contribution in [0.2, 0.25) is 0 Å². The second-order valence-corrected chi connectivity index (χ2v) is 4.81. The number of hydrogen-bond acceptors (Lipinski definition) is 2. The van der Waals surface area contributed by atoms with E-state index in [0.717, 1.165) is 22.4 Å². The lowest BCUT2D eigenvalue weighted by atomic mass is 9.86. The Hall–Kier alpha value is -1.96. The van der Waals surface area contributed by atoms with Gasteiger partial charge in [0.1, 0.15) is 17.1 Å². The summed E-state index contributed by atoms with van der Waals surface area (Å²) in [5, 5.41) is 9.99. The molecule has 1 heterocycles. The molecule has 86 valence electrons. The smallest absolute Gasteiger partial charge is 0.132 e. The van der Waals surface area contributed by atoms with Gasteiger partial charge in [-0.15, -0.1) is 0 Å². The molecule has 0 aromatic heterocycles. The van der Waals surface area contributed by atoms with Crippen LogP contribution in [0.25, 0.3) is 11.1 Å². The quantitative estimate of drug-likeness (QED) is 0.742. The van der Waals surface area contributed by atoms with Crippen molar-refractivity contribution in [2.24, 2.45) is 0 Å². The van der Waals surface area contributed by atoms with Crippen molar-refractivity contribution in [2.75, 3.05) is 0 Å². The number of phenols is 1. The van der Waals surface area contributed by atoms with Crippen molar-refractivity contribution >= 4 is 0 Å². The Balaban J connectivity index is 2.37. The first-order valence-corrected chi connectivity index (χ1v) is 5.70. The predicted octanol–water partition coefficient (Wildman–Crippen LogP) is 3.69. The van der Waals surface area contributed by atoms with Crippen molar-refractivity contribution < 1.29 is 9.84 Å². The summed E-state index contributed by atoms with van der Waals surface area (Å²) in [6, 6.07) is 13.4. The molecule has 0 unspecified atom stereocenters. The zero-order valence-corrected chi connectivity index (χ0v) is 9.90. The maximum atomic E-state index is 9.99. The third-order valence-corrected chi connectivity index (χ3v) is 3.21. The predicted molar refractivity (Wildman–Crippen MR) is 67.2 cm³/mol. The molecule has 0 saturated carbocycles. The van der Waals surface area contributed by atoms with Crippen molar-refractivity contribution in [3.05, 3.63) is 48.0 Å². The lowest BCUT2D eigenvalue weighted by Crippen LogP contribution is -2.29. The second-order valence-electron chi connectivity index (χ2n) is 4.81. The summed E-state index contributed by atoms with van der Waals surface area (Å²) in [7, 11) is 0. The van der Waals surface area contributed by atoms with Crippen LogP contribution in [0.4, 0.5) is 0 Å². The van der Waals surface area contributed by atoms with E-state index in [9.17, 15) is 5.11 Å². The standard InChI is InChI=1S/C15H14O2/c1-15(2)11-7-4-3-6-10(11)14-12(16)8-5-9-13(14)17-15/h3-9,16H,1-2H3. The molecule has 0 amide bonds. The Labute approximate surface area is 100 Å². The van der Waals surface area contributed by atoms with Gasteiger partial charge in [0.25, 0.3) is 0 Å². The van der Waals surface area contributed by atoms with Crippen LogP contribution < -0.4 is 4.74 Å². The van der Waals surface area contributed by atoms with Crippen molar-refractivity contribution in [3.8, 4) is 22.6 Å². The summed E-state index contributed by atoms with van der Waals surface area (Å²) >= 11 is 0. The van der Waals surface area contributed by atoms with Crippen LogP contribution in [0.15, 0.2) is 42.5 Å². The fourth-order valence-electron chi connectivity index (χ4n) is 2.43. The first-order valence-electron chi connectivity index (χ1n) is 5.70. The average molecular weight is 226 g/mol. The van der Waals surface area contributed by atoms with E-state index in [-0.39, 0.29) is 11.4 Å². The van der Waals surface area contributed by atoms with Gasteiger partial charge in [-0.25, -0.2) is 0 Å². The molecule has 2 aromatic carbocycles. The Morgan fingerprint density at radius 3 is 2.59 bits per heavy atom. The number of phenolic OH excluding ortho intramolecular Hbond substituents is 1. The first-order chi connectivity index (χ1) is 8.09. The molecule has 1 aliphatic heterocycles. The number of fused-ring (bicyclic) bond motifs is 3. The van der Waals surface area contributed by atoms with Crippen LogP contribution >= 0.6 is 0 Å². The second kappa shape index (κ2) is 3.27. The Morgan fingerprint density at radius 1 is 1.00 bits per heavy atom. The van der Waals surface area contributed by atoms with E-state index in [2.05, 4.69) is 0 Å². The molecule has 0 radical (unpaired) electrons. The molecule has 2 heteroatoms. The van der Waals surface area contributed by atoms with Gasteiger partial charge in [-0.2, -0.15) is 0 Å². The molecule has 2 nitrogen and oxygen atoms in total. The van der Waals surface area contributed by atoms with Gasteiger partial charge in [-0.3, -0.25) is 0 Å². The molecule has 0 spiro atoms. The molecule has 17 heavy (non-hydrogen) atoms. The van der Waals surface area contributed by atoms with Crippen LogP contribution in [0.1, 0.15) is 19.4 Å². The van der Waals surface area contributed by atoms with Crippen molar-refractivity contribution in [1.29, 1.82) is 0 Å². The Morgan fingerprint density at radius 2 is 1.76 bits per heavy atom. The number of rotatable bonds is 0. The Kier molecular flexibility index (Phi) is 1.96. The average Bonchev–Trinajstić information content (AvgIpc) is 2.28.